The summed E-state index contributed by atoms with van der Waals surface area (Å²) in [5, 5.41) is 0. The minimum absolute atomic E-state index is 0.0489. The van der Waals surface area contributed by atoms with Crippen LogP contribution in [0.25, 0.3) is 0 Å². The SMILES string of the molecule is Cc1[nH]c(=O)sc1S(=O)(=O)NCCCOCC1CCCO1. The van der Waals surface area contributed by atoms with Gasteiger partial charge in [0.1, 0.15) is 0 Å². The molecule has 0 bridgehead atoms. The third-order valence-electron chi connectivity index (χ3n) is 3.11. The Morgan fingerprint density at radius 2 is 2.33 bits per heavy atom. The van der Waals surface area contributed by atoms with E-state index >= 15 is 0 Å². The van der Waals surface area contributed by atoms with Gasteiger partial charge in [-0.1, -0.05) is 11.3 Å². The van der Waals surface area contributed by atoms with E-state index in [1.54, 1.807) is 6.92 Å². The minimum atomic E-state index is -3.62. The van der Waals surface area contributed by atoms with Crippen molar-refractivity contribution in [3.05, 3.63) is 15.4 Å². The van der Waals surface area contributed by atoms with E-state index in [2.05, 4.69) is 9.71 Å². The zero-order valence-electron chi connectivity index (χ0n) is 11.9. The highest BCUT2D eigenvalue weighted by molar-refractivity contribution is 7.91. The Morgan fingerprint density at radius 1 is 1.52 bits per heavy atom. The predicted molar refractivity (Wildman–Crippen MR) is 79.3 cm³/mol. The topological polar surface area (TPSA) is 97.5 Å². The normalized spacial score (nSPS) is 19.2. The van der Waals surface area contributed by atoms with Gasteiger partial charge in [-0.15, -0.1) is 0 Å². The van der Waals surface area contributed by atoms with Crippen LogP contribution in [-0.2, 0) is 19.5 Å². The first-order valence-corrected chi connectivity index (χ1v) is 9.18. The second-order valence-electron chi connectivity index (χ2n) is 4.89. The number of aromatic nitrogens is 1. The lowest BCUT2D eigenvalue weighted by molar-refractivity contribution is 0.0169. The van der Waals surface area contributed by atoms with Gasteiger partial charge in [-0.05, 0) is 26.2 Å². The molecule has 1 aromatic rings. The third-order valence-corrected chi connectivity index (χ3v) is 6.18. The number of hydrogen-bond acceptors (Lipinski definition) is 6. The first-order valence-electron chi connectivity index (χ1n) is 6.88. The van der Waals surface area contributed by atoms with Gasteiger partial charge in [-0.2, -0.15) is 0 Å². The quantitative estimate of drug-likeness (QED) is 0.678. The standard InChI is InChI=1S/C12H20N2O5S2/c1-9-11(20-12(15)14-9)21(16,17)13-5-3-6-18-8-10-4-2-7-19-10/h10,13H,2-8H2,1H3,(H,14,15). The summed E-state index contributed by atoms with van der Waals surface area (Å²) >= 11 is 0.697. The van der Waals surface area contributed by atoms with Crippen molar-refractivity contribution in [1.29, 1.82) is 0 Å². The fourth-order valence-electron chi connectivity index (χ4n) is 2.08. The van der Waals surface area contributed by atoms with Crippen LogP contribution < -0.4 is 9.60 Å². The number of aromatic amines is 1. The Morgan fingerprint density at radius 3 is 2.95 bits per heavy atom. The molecule has 0 amide bonds. The van der Waals surface area contributed by atoms with Crippen molar-refractivity contribution >= 4 is 21.4 Å². The molecule has 0 radical (unpaired) electrons. The van der Waals surface area contributed by atoms with Crippen LogP contribution in [0.4, 0.5) is 0 Å². The average molecular weight is 336 g/mol. The van der Waals surface area contributed by atoms with E-state index in [0.717, 1.165) is 19.4 Å². The lowest BCUT2D eigenvalue weighted by Crippen LogP contribution is -2.26. The largest absolute Gasteiger partial charge is 0.379 e. The van der Waals surface area contributed by atoms with Crippen LogP contribution >= 0.6 is 11.3 Å². The van der Waals surface area contributed by atoms with Crippen LogP contribution in [0.1, 0.15) is 25.0 Å². The van der Waals surface area contributed by atoms with Gasteiger partial charge in [-0.3, -0.25) is 4.79 Å². The van der Waals surface area contributed by atoms with E-state index in [1.807, 2.05) is 0 Å². The van der Waals surface area contributed by atoms with Gasteiger partial charge < -0.3 is 14.5 Å². The Kier molecular flexibility index (Phi) is 5.94. The maximum Gasteiger partial charge on any atom is 0.305 e. The molecule has 0 spiro atoms. The molecule has 0 saturated carbocycles. The Bertz CT molecular complexity index is 601. The number of aryl methyl sites for hydroxylation is 1. The molecular formula is C12H20N2O5S2. The summed E-state index contributed by atoms with van der Waals surface area (Å²) in [5.41, 5.74) is 0.368. The van der Waals surface area contributed by atoms with Gasteiger partial charge in [-0.25, -0.2) is 13.1 Å². The minimum Gasteiger partial charge on any atom is -0.379 e. The lowest BCUT2D eigenvalue weighted by Gasteiger charge is -2.10. The van der Waals surface area contributed by atoms with Crippen molar-refractivity contribution in [2.45, 2.75) is 36.5 Å². The molecule has 2 N–H and O–H groups in total. The highest BCUT2D eigenvalue weighted by Gasteiger charge is 2.20. The number of hydrogen-bond donors (Lipinski definition) is 2. The summed E-state index contributed by atoms with van der Waals surface area (Å²) in [5.74, 6) is 0. The summed E-state index contributed by atoms with van der Waals surface area (Å²) in [6.45, 7) is 3.68. The second-order valence-corrected chi connectivity index (χ2v) is 7.83. The molecule has 120 valence electrons. The van der Waals surface area contributed by atoms with Crippen molar-refractivity contribution in [1.82, 2.24) is 9.71 Å². The first kappa shape index (κ1) is 16.6. The third kappa shape index (κ3) is 4.89. The van der Waals surface area contributed by atoms with Crippen LogP contribution in [0.5, 0.6) is 0 Å². The van der Waals surface area contributed by atoms with Crippen molar-refractivity contribution < 1.29 is 17.9 Å². The van der Waals surface area contributed by atoms with Gasteiger partial charge in [0.05, 0.1) is 12.7 Å². The summed E-state index contributed by atoms with van der Waals surface area (Å²) < 4.78 is 37.4. The number of thiazole rings is 1. The molecule has 0 aromatic carbocycles. The van der Waals surface area contributed by atoms with E-state index in [1.165, 1.54) is 0 Å². The number of nitrogens with one attached hydrogen (secondary N) is 2. The molecule has 1 aliphatic rings. The van der Waals surface area contributed by atoms with Gasteiger partial charge in [0.25, 0.3) is 10.0 Å². The van der Waals surface area contributed by atoms with E-state index < -0.39 is 10.0 Å². The monoisotopic (exact) mass is 336 g/mol. The Labute approximate surface area is 127 Å². The molecule has 7 nitrogen and oxygen atoms in total. The fourth-order valence-corrected chi connectivity index (χ4v) is 4.50. The Hall–Kier alpha value is -0.740. The van der Waals surface area contributed by atoms with Crippen LogP contribution in [0.15, 0.2) is 9.00 Å². The molecule has 2 rings (SSSR count). The van der Waals surface area contributed by atoms with Crippen LogP contribution in [-0.4, -0.2) is 45.9 Å². The molecular weight excluding hydrogens is 316 g/mol. The molecule has 1 aromatic heterocycles. The number of ether oxygens (including phenoxy) is 2. The van der Waals surface area contributed by atoms with Gasteiger partial charge in [0.15, 0.2) is 4.21 Å². The van der Waals surface area contributed by atoms with E-state index in [9.17, 15) is 13.2 Å². The van der Waals surface area contributed by atoms with Gasteiger partial charge >= 0.3 is 4.87 Å². The molecule has 2 heterocycles. The highest BCUT2D eigenvalue weighted by Crippen LogP contribution is 2.15. The molecule has 9 heteroatoms. The van der Waals surface area contributed by atoms with Crippen LogP contribution in [0.2, 0.25) is 0 Å². The molecule has 1 fully saturated rings. The molecule has 21 heavy (non-hydrogen) atoms. The molecule has 0 aliphatic carbocycles. The number of rotatable bonds is 8. The predicted octanol–water partition coefficient (Wildman–Crippen LogP) is 0.609. The summed E-state index contributed by atoms with van der Waals surface area (Å²) in [6, 6.07) is 0. The summed E-state index contributed by atoms with van der Waals surface area (Å²) in [6.07, 6.45) is 2.86. The lowest BCUT2D eigenvalue weighted by atomic mass is 10.2. The number of H-pyrrole nitrogens is 1. The molecule has 1 atom stereocenters. The second kappa shape index (κ2) is 7.50. The van der Waals surface area contributed by atoms with Crippen molar-refractivity contribution in [2.75, 3.05) is 26.4 Å². The van der Waals surface area contributed by atoms with E-state index in [-0.39, 0.29) is 21.7 Å². The maximum absolute atomic E-state index is 12.0. The van der Waals surface area contributed by atoms with Crippen molar-refractivity contribution in [3.63, 3.8) is 0 Å². The summed E-state index contributed by atoms with van der Waals surface area (Å²) in [4.78, 5) is 13.2. The molecule has 1 unspecified atom stereocenters. The molecule has 1 saturated heterocycles. The smallest absolute Gasteiger partial charge is 0.305 e. The summed E-state index contributed by atoms with van der Waals surface area (Å²) in [7, 11) is -3.62. The van der Waals surface area contributed by atoms with E-state index in [0.29, 0.717) is 36.7 Å². The average Bonchev–Trinajstić information content (AvgIpc) is 3.03. The van der Waals surface area contributed by atoms with Gasteiger partial charge in [0, 0.05) is 25.5 Å². The van der Waals surface area contributed by atoms with Crippen LogP contribution in [0.3, 0.4) is 0 Å². The van der Waals surface area contributed by atoms with E-state index in [4.69, 9.17) is 9.47 Å². The van der Waals surface area contributed by atoms with Gasteiger partial charge in [0.2, 0.25) is 0 Å². The first-order chi connectivity index (χ1) is 9.99. The highest BCUT2D eigenvalue weighted by atomic mass is 32.2. The fraction of sp³-hybridized carbons (Fsp3) is 0.750. The number of sulfonamides is 1. The van der Waals surface area contributed by atoms with Crippen molar-refractivity contribution in [3.8, 4) is 0 Å². The van der Waals surface area contributed by atoms with Crippen LogP contribution in [0, 0.1) is 6.92 Å². The zero-order valence-corrected chi connectivity index (χ0v) is 13.5. The van der Waals surface area contributed by atoms with Crippen molar-refractivity contribution in [2.24, 2.45) is 0 Å². The maximum atomic E-state index is 12.0. The Balaban J connectivity index is 1.67. The zero-order chi connectivity index (χ0) is 15.3. The molecule has 1 aliphatic heterocycles.